The molecule has 1 atom stereocenters. The van der Waals surface area contributed by atoms with Crippen LogP contribution in [0.2, 0.25) is 0 Å². The molecular weight excluding hydrogens is 494 g/mol. The Balaban J connectivity index is 1.08. The van der Waals surface area contributed by atoms with E-state index in [0.717, 1.165) is 27.8 Å². The van der Waals surface area contributed by atoms with E-state index in [1.54, 1.807) is 0 Å². The lowest BCUT2D eigenvalue weighted by atomic mass is 9.97. The lowest BCUT2D eigenvalue weighted by Crippen LogP contribution is -2.61. The molecule has 1 unspecified atom stereocenters. The van der Waals surface area contributed by atoms with Crippen molar-refractivity contribution in [3.63, 3.8) is 0 Å². The number of carbonyl (C=O) groups excluding carboxylic acids is 2. The van der Waals surface area contributed by atoms with E-state index >= 15 is 0 Å². The summed E-state index contributed by atoms with van der Waals surface area (Å²) in [5.74, 6) is -1.63. The molecule has 3 N–H and O–H groups in total. The van der Waals surface area contributed by atoms with Gasteiger partial charge in [-0.2, -0.15) is 0 Å². The van der Waals surface area contributed by atoms with Gasteiger partial charge >= 0.3 is 12.1 Å². The molecule has 2 aliphatic carbocycles. The van der Waals surface area contributed by atoms with Crippen molar-refractivity contribution >= 4 is 18.0 Å². The number of benzene rings is 3. The molecule has 8 nitrogen and oxygen atoms in total. The fourth-order valence-electron chi connectivity index (χ4n) is 5.90. The summed E-state index contributed by atoms with van der Waals surface area (Å²) in [5.41, 5.74) is 3.03. The predicted octanol–water partition coefficient (Wildman–Crippen LogP) is 3.90. The molecule has 1 saturated carbocycles. The minimum Gasteiger partial charge on any atom is -0.479 e. The molecule has 0 radical (unpaired) electrons. The Morgan fingerprint density at radius 3 is 2.05 bits per heavy atom. The van der Waals surface area contributed by atoms with Crippen LogP contribution in [0.5, 0.6) is 0 Å². The molecule has 0 bridgehead atoms. The molecule has 1 saturated heterocycles. The summed E-state index contributed by atoms with van der Waals surface area (Å²) >= 11 is 0. The number of hydrogen-bond donors (Lipinski definition) is 3. The maximum atomic E-state index is 13.3. The van der Waals surface area contributed by atoms with E-state index < -0.39 is 29.0 Å². The van der Waals surface area contributed by atoms with Crippen molar-refractivity contribution in [1.29, 1.82) is 0 Å². The third-order valence-electron chi connectivity index (χ3n) is 8.23. The molecule has 2 amide bonds. The van der Waals surface area contributed by atoms with E-state index in [0.29, 0.717) is 32.4 Å². The van der Waals surface area contributed by atoms with Crippen LogP contribution in [0.1, 0.15) is 41.9 Å². The first-order chi connectivity index (χ1) is 18.9. The van der Waals surface area contributed by atoms with Gasteiger partial charge in [0.1, 0.15) is 12.1 Å². The quantitative estimate of drug-likeness (QED) is 0.412. The van der Waals surface area contributed by atoms with E-state index in [4.69, 9.17) is 4.74 Å². The predicted molar refractivity (Wildman–Crippen MR) is 145 cm³/mol. The Hall–Kier alpha value is -4.17. The van der Waals surface area contributed by atoms with Crippen molar-refractivity contribution in [3.8, 4) is 11.1 Å². The summed E-state index contributed by atoms with van der Waals surface area (Å²) in [6.45, 7) is 1.50. The van der Waals surface area contributed by atoms with Crippen molar-refractivity contribution < 1.29 is 24.2 Å². The number of nitrogens with one attached hydrogen (secondary N) is 2. The summed E-state index contributed by atoms with van der Waals surface area (Å²) in [5, 5.41) is 15.6. The van der Waals surface area contributed by atoms with Crippen LogP contribution >= 0.6 is 0 Å². The first-order valence-electron chi connectivity index (χ1n) is 13.3. The van der Waals surface area contributed by atoms with Crippen molar-refractivity contribution in [2.24, 2.45) is 0 Å². The molecule has 2 fully saturated rings. The second-order valence-electron chi connectivity index (χ2n) is 10.8. The van der Waals surface area contributed by atoms with Gasteiger partial charge in [0.15, 0.2) is 5.54 Å². The second kappa shape index (κ2) is 9.85. The van der Waals surface area contributed by atoms with Crippen molar-refractivity contribution in [1.82, 2.24) is 15.5 Å². The van der Waals surface area contributed by atoms with Crippen LogP contribution in [0.4, 0.5) is 4.79 Å². The van der Waals surface area contributed by atoms with E-state index in [9.17, 15) is 19.5 Å². The summed E-state index contributed by atoms with van der Waals surface area (Å²) in [4.78, 5) is 40.5. The Labute approximate surface area is 227 Å². The van der Waals surface area contributed by atoms with Gasteiger partial charge in [0.2, 0.25) is 5.91 Å². The van der Waals surface area contributed by atoms with Crippen LogP contribution in [0.25, 0.3) is 11.1 Å². The number of carbonyl (C=O) groups is 3. The molecule has 1 aliphatic heterocycles. The third kappa shape index (κ3) is 4.76. The van der Waals surface area contributed by atoms with Gasteiger partial charge in [-0.3, -0.25) is 9.69 Å². The van der Waals surface area contributed by atoms with Crippen LogP contribution in [0.15, 0.2) is 78.9 Å². The molecule has 6 rings (SSSR count). The zero-order valence-electron chi connectivity index (χ0n) is 21.6. The Morgan fingerprint density at radius 1 is 0.821 bits per heavy atom. The lowest BCUT2D eigenvalue weighted by Gasteiger charge is -2.29. The number of hydrogen-bond acceptors (Lipinski definition) is 5. The highest BCUT2D eigenvalue weighted by Crippen LogP contribution is 2.44. The molecule has 3 aliphatic rings. The number of carboxylic acid groups (broad SMARTS) is 1. The fourth-order valence-corrected chi connectivity index (χ4v) is 5.90. The average Bonchev–Trinajstić information content (AvgIpc) is 3.50. The lowest BCUT2D eigenvalue weighted by molar-refractivity contribution is -0.147. The van der Waals surface area contributed by atoms with Crippen LogP contribution < -0.4 is 10.6 Å². The topological polar surface area (TPSA) is 108 Å². The smallest absolute Gasteiger partial charge is 0.408 e. The highest BCUT2D eigenvalue weighted by Gasteiger charge is 2.56. The van der Waals surface area contributed by atoms with Gasteiger partial charge in [0, 0.05) is 25.6 Å². The summed E-state index contributed by atoms with van der Waals surface area (Å²) in [6, 6.07) is 26.0. The normalized spacial score (nSPS) is 21.0. The van der Waals surface area contributed by atoms with Gasteiger partial charge in [-0.1, -0.05) is 78.9 Å². The average molecular weight is 526 g/mol. The van der Waals surface area contributed by atoms with Crippen molar-refractivity contribution in [2.45, 2.75) is 42.8 Å². The molecule has 8 heteroatoms. The summed E-state index contributed by atoms with van der Waals surface area (Å²) < 4.78 is 5.64. The summed E-state index contributed by atoms with van der Waals surface area (Å²) in [7, 11) is 0. The third-order valence-corrected chi connectivity index (χ3v) is 8.23. The number of amides is 2. The van der Waals surface area contributed by atoms with Crippen LogP contribution in [-0.2, 0) is 20.9 Å². The number of nitrogens with zero attached hydrogens (tertiary/aromatic N) is 1. The maximum Gasteiger partial charge on any atom is 0.408 e. The minimum atomic E-state index is -1.40. The zero-order valence-corrected chi connectivity index (χ0v) is 21.6. The number of rotatable bonds is 8. The van der Waals surface area contributed by atoms with E-state index in [-0.39, 0.29) is 19.1 Å². The fraction of sp³-hybridized carbons (Fsp3) is 0.323. The van der Waals surface area contributed by atoms with Gasteiger partial charge in [-0.15, -0.1) is 0 Å². The van der Waals surface area contributed by atoms with Gasteiger partial charge in [0.25, 0.3) is 0 Å². The number of fused-ring (bicyclic) bond motifs is 3. The van der Waals surface area contributed by atoms with E-state index in [2.05, 4.69) is 22.8 Å². The molecule has 1 heterocycles. The Kier molecular flexibility index (Phi) is 6.35. The van der Waals surface area contributed by atoms with Gasteiger partial charge in [0.05, 0.1) is 0 Å². The van der Waals surface area contributed by atoms with Crippen LogP contribution in [-0.4, -0.2) is 58.8 Å². The van der Waals surface area contributed by atoms with Crippen LogP contribution in [0.3, 0.4) is 0 Å². The van der Waals surface area contributed by atoms with Gasteiger partial charge < -0.3 is 20.5 Å². The Morgan fingerprint density at radius 2 is 1.44 bits per heavy atom. The van der Waals surface area contributed by atoms with Crippen molar-refractivity contribution in [3.05, 3.63) is 95.6 Å². The van der Waals surface area contributed by atoms with Gasteiger partial charge in [-0.05, 0) is 47.1 Å². The summed E-state index contributed by atoms with van der Waals surface area (Å²) in [6.07, 6.45) is 0.493. The first kappa shape index (κ1) is 25.1. The SMILES string of the molecule is O=C(NC1(C(=O)NC2(C(=O)O)CCN(Cc3ccccc3)C2)CC1)OCC1c2ccccc2-c2ccccc21. The molecular formula is C31H31N3O5. The number of ether oxygens (including phenoxy) is 1. The molecule has 0 spiro atoms. The number of likely N-dealkylation sites (tertiary alicyclic amines) is 1. The van der Waals surface area contributed by atoms with Gasteiger partial charge in [-0.25, -0.2) is 9.59 Å². The zero-order chi connectivity index (χ0) is 27.0. The van der Waals surface area contributed by atoms with Crippen molar-refractivity contribution in [2.75, 3.05) is 19.7 Å². The Bertz CT molecular complexity index is 1370. The highest BCUT2D eigenvalue weighted by atomic mass is 16.5. The largest absolute Gasteiger partial charge is 0.479 e. The molecule has 3 aromatic rings. The standard InChI is InChI=1S/C31H31N3O5/c35-27(32-31(28(36)37)16-17-34(20-31)18-21-8-2-1-3-9-21)30(14-15-30)33-29(38)39-19-26-24-12-6-4-10-22(24)23-11-5-7-13-25(23)26/h1-13,26H,14-20H2,(H,32,35)(H,33,38)(H,36,37). The minimum absolute atomic E-state index is 0.0866. The van der Waals surface area contributed by atoms with E-state index in [1.165, 1.54) is 0 Å². The molecule has 3 aromatic carbocycles. The second-order valence-corrected chi connectivity index (χ2v) is 10.8. The number of aliphatic carboxylic acids is 1. The highest BCUT2D eigenvalue weighted by molar-refractivity contribution is 5.96. The molecule has 39 heavy (non-hydrogen) atoms. The molecule has 200 valence electrons. The number of alkyl carbamates (subject to hydrolysis) is 1. The maximum absolute atomic E-state index is 13.3. The number of carboxylic acids is 1. The van der Waals surface area contributed by atoms with Crippen LogP contribution in [0, 0.1) is 0 Å². The molecule has 0 aromatic heterocycles. The monoisotopic (exact) mass is 525 g/mol. The van der Waals surface area contributed by atoms with E-state index in [1.807, 2.05) is 71.6 Å². The first-order valence-corrected chi connectivity index (χ1v) is 13.3.